The van der Waals surface area contributed by atoms with Gasteiger partial charge in [0.05, 0.1) is 19.4 Å². The van der Waals surface area contributed by atoms with Crippen LogP contribution in [0.25, 0.3) is 0 Å². The number of hydrogen-bond donors (Lipinski definition) is 2. The number of hydrogen-bond acceptors (Lipinski definition) is 3. The summed E-state index contributed by atoms with van der Waals surface area (Å²) in [6.07, 6.45) is 1.61. The smallest absolute Gasteiger partial charge is 0.172 e. The average molecular weight is 344 g/mol. The van der Waals surface area contributed by atoms with Crippen LogP contribution in [0.15, 0.2) is 53.1 Å². The molecule has 124 valence electrons. The minimum atomic E-state index is -0.238. The Balaban J connectivity index is 1.61. The maximum atomic E-state index is 13.8. The van der Waals surface area contributed by atoms with Crippen LogP contribution < -0.4 is 10.6 Å². The molecular formula is C17H17FN4OS. The Morgan fingerprint density at radius 2 is 2.12 bits per heavy atom. The first-order valence-electron chi connectivity index (χ1n) is 7.47. The summed E-state index contributed by atoms with van der Waals surface area (Å²) in [5.41, 5.74) is 1.50. The van der Waals surface area contributed by atoms with E-state index in [-0.39, 0.29) is 5.82 Å². The van der Waals surface area contributed by atoms with Crippen LogP contribution in [-0.4, -0.2) is 14.9 Å². The summed E-state index contributed by atoms with van der Waals surface area (Å²) in [5, 5.41) is 10.9. The molecule has 0 atom stereocenters. The van der Waals surface area contributed by atoms with Crippen molar-refractivity contribution < 1.29 is 8.81 Å². The van der Waals surface area contributed by atoms with Crippen molar-refractivity contribution in [3.63, 3.8) is 0 Å². The summed E-state index contributed by atoms with van der Waals surface area (Å²) in [6, 6.07) is 12.2. The third-order valence-electron chi connectivity index (χ3n) is 3.50. The number of halogens is 1. The van der Waals surface area contributed by atoms with Crippen molar-refractivity contribution in [1.29, 1.82) is 0 Å². The monoisotopic (exact) mass is 344 g/mol. The van der Waals surface area contributed by atoms with Crippen LogP contribution in [0, 0.1) is 12.7 Å². The Hall–Kier alpha value is -2.67. The quantitative estimate of drug-likeness (QED) is 0.694. The van der Waals surface area contributed by atoms with Crippen LogP contribution in [0.3, 0.4) is 0 Å². The predicted octanol–water partition coefficient (Wildman–Crippen LogP) is 3.46. The van der Waals surface area contributed by atoms with Gasteiger partial charge in [0.1, 0.15) is 11.6 Å². The fraction of sp³-hybridized carbons (Fsp3) is 0.176. The zero-order valence-electron chi connectivity index (χ0n) is 13.1. The molecule has 0 radical (unpaired) electrons. The summed E-state index contributed by atoms with van der Waals surface area (Å²) in [4.78, 5) is 0. The minimum Gasteiger partial charge on any atom is -0.467 e. The zero-order chi connectivity index (χ0) is 16.9. The van der Waals surface area contributed by atoms with Crippen LogP contribution in [-0.2, 0) is 13.1 Å². The van der Waals surface area contributed by atoms with Gasteiger partial charge in [0.25, 0.3) is 0 Å². The molecule has 0 unspecified atom stereocenters. The summed E-state index contributed by atoms with van der Waals surface area (Å²) >= 11 is 5.24. The predicted molar refractivity (Wildman–Crippen MR) is 94.2 cm³/mol. The Labute approximate surface area is 144 Å². The van der Waals surface area contributed by atoms with E-state index in [1.807, 2.05) is 31.2 Å². The van der Waals surface area contributed by atoms with Crippen molar-refractivity contribution in [2.45, 2.75) is 20.0 Å². The summed E-state index contributed by atoms with van der Waals surface area (Å²) in [5.74, 6) is 1.17. The second-order valence-electron chi connectivity index (χ2n) is 5.31. The molecule has 0 saturated heterocycles. The highest BCUT2D eigenvalue weighted by Gasteiger charge is 2.09. The fourth-order valence-electron chi connectivity index (χ4n) is 2.26. The van der Waals surface area contributed by atoms with Crippen LogP contribution in [0.2, 0.25) is 0 Å². The normalized spacial score (nSPS) is 10.6. The Kier molecular flexibility index (Phi) is 4.90. The van der Waals surface area contributed by atoms with Gasteiger partial charge in [-0.05, 0) is 37.3 Å². The number of aryl methyl sites for hydroxylation is 1. The Morgan fingerprint density at radius 1 is 1.29 bits per heavy atom. The maximum absolute atomic E-state index is 13.8. The summed E-state index contributed by atoms with van der Waals surface area (Å²) in [7, 11) is 0. The van der Waals surface area contributed by atoms with Crippen molar-refractivity contribution in [2.75, 3.05) is 5.32 Å². The molecule has 2 aromatic heterocycles. The van der Waals surface area contributed by atoms with E-state index in [1.54, 1.807) is 23.1 Å². The molecule has 0 aliphatic carbocycles. The molecular weight excluding hydrogens is 327 g/mol. The van der Waals surface area contributed by atoms with Crippen LogP contribution in [0.1, 0.15) is 17.0 Å². The molecule has 1 aromatic carbocycles. The Morgan fingerprint density at radius 3 is 2.88 bits per heavy atom. The topological polar surface area (TPSA) is 55.0 Å². The zero-order valence-corrected chi connectivity index (χ0v) is 13.9. The molecule has 2 heterocycles. The van der Waals surface area contributed by atoms with E-state index in [9.17, 15) is 4.39 Å². The van der Waals surface area contributed by atoms with Crippen molar-refractivity contribution in [3.05, 3.63) is 71.6 Å². The molecule has 24 heavy (non-hydrogen) atoms. The lowest BCUT2D eigenvalue weighted by Gasteiger charge is -2.07. The van der Waals surface area contributed by atoms with Crippen molar-refractivity contribution in [1.82, 2.24) is 15.1 Å². The molecule has 5 nitrogen and oxygen atoms in total. The number of furan rings is 1. The SMILES string of the molecule is Cc1cc(NC(=S)NCc2ccco2)nn1Cc1ccccc1F. The van der Waals surface area contributed by atoms with E-state index >= 15 is 0 Å². The summed E-state index contributed by atoms with van der Waals surface area (Å²) in [6.45, 7) is 2.78. The van der Waals surface area contributed by atoms with Crippen LogP contribution in [0.5, 0.6) is 0 Å². The summed E-state index contributed by atoms with van der Waals surface area (Å²) < 4.78 is 20.7. The molecule has 3 rings (SSSR count). The molecule has 0 bridgehead atoms. The van der Waals surface area contributed by atoms with Crippen LogP contribution in [0.4, 0.5) is 10.2 Å². The second-order valence-corrected chi connectivity index (χ2v) is 5.72. The van der Waals surface area contributed by atoms with E-state index in [1.165, 1.54) is 6.07 Å². The fourth-order valence-corrected chi connectivity index (χ4v) is 2.44. The maximum Gasteiger partial charge on any atom is 0.172 e. The first kappa shape index (κ1) is 16.2. The van der Waals surface area contributed by atoms with Gasteiger partial charge in [-0.25, -0.2) is 4.39 Å². The van der Waals surface area contributed by atoms with E-state index < -0.39 is 0 Å². The van der Waals surface area contributed by atoms with Gasteiger partial charge in [-0.15, -0.1) is 0 Å². The lowest BCUT2D eigenvalue weighted by molar-refractivity contribution is 0.503. The number of nitrogens with zero attached hydrogens (tertiary/aromatic N) is 2. The van der Waals surface area contributed by atoms with Gasteiger partial charge in [-0.2, -0.15) is 5.10 Å². The van der Waals surface area contributed by atoms with Gasteiger partial charge in [0.15, 0.2) is 10.9 Å². The van der Waals surface area contributed by atoms with Crippen molar-refractivity contribution in [3.8, 4) is 0 Å². The third-order valence-corrected chi connectivity index (χ3v) is 3.75. The molecule has 0 saturated carbocycles. The van der Waals surface area contributed by atoms with E-state index in [0.29, 0.717) is 29.6 Å². The number of anilines is 1. The molecule has 2 N–H and O–H groups in total. The van der Waals surface area contributed by atoms with Gasteiger partial charge in [0, 0.05) is 17.3 Å². The van der Waals surface area contributed by atoms with E-state index in [4.69, 9.17) is 16.6 Å². The highest BCUT2D eigenvalue weighted by atomic mass is 32.1. The molecule has 0 aliphatic heterocycles. The standard InChI is InChI=1S/C17H17FN4OS/c1-12-9-16(20-17(24)19-10-14-6-4-8-23-14)21-22(12)11-13-5-2-3-7-15(13)18/h2-9H,10-11H2,1H3,(H2,19,20,21,24). The minimum absolute atomic E-state index is 0.238. The number of benzene rings is 1. The van der Waals surface area contributed by atoms with Gasteiger partial charge in [0.2, 0.25) is 0 Å². The largest absolute Gasteiger partial charge is 0.467 e. The van der Waals surface area contributed by atoms with Gasteiger partial charge in [-0.3, -0.25) is 4.68 Å². The number of thiocarbonyl (C=S) groups is 1. The lowest BCUT2D eigenvalue weighted by Crippen LogP contribution is -2.28. The first-order valence-corrected chi connectivity index (χ1v) is 7.88. The van der Waals surface area contributed by atoms with Crippen molar-refractivity contribution >= 4 is 23.1 Å². The molecule has 0 amide bonds. The molecule has 0 fully saturated rings. The molecule has 0 aliphatic rings. The van der Waals surface area contributed by atoms with E-state index in [2.05, 4.69) is 15.7 Å². The van der Waals surface area contributed by atoms with Crippen LogP contribution >= 0.6 is 12.2 Å². The average Bonchev–Trinajstić information content (AvgIpc) is 3.18. The molecule has 7 heteroatoms. The van der Waals surface area contributed by atoms with E-state index in [0.717, 1.165) is 11.5 Å². The highest BCUT2D eigenvalue weighted by molar-refractivity contribution is 7.80. The van der Waals surface area contributed by atoms with Crippen molar-refractivity contribution in [2.24, 2.45) is 0 Å². The third kappa shape index (κ3) is 3.99. The van der Waals surface area contributed by atoms with Gasteiger partial charge in [-0.1, -0.05) is 18.2 Å². The lowest BCUT2D eigenvalue weighted by atomic mass is 10.2. The van der Waals surface area contributed by atoms with Gasteiger partial charge < -0.3 is 15.1 Å². The van der Waals surface area contributed by atoms with Gasteiger partial charge >= 0.3 is 0 Å². The number of aromatic nitrogens is 2. The molecule has 3 aromatic rings. The number of nitrogens with one attached hydrogen (secondary N) is 2. The second kappa shape index (κ2) is 7.27. The molecule has 0 spiro atoms. The Bertz CT molecular complexity index is 829. The highest BCUT2D eigenvalue weighted by Crippen LogP contribution is 2.13. The first-order chi connectivity index (χ1) is 11.6. The number of rotatable bonds is 5.